The fourth-order valence-corrected chi connectivity index (χ4v) is 2.27. The molecule has 2 rings (SSSR count). The summed E-state index contributed by atoms with van der Waals surface area (Å²) in [5.41, 5.74) is 7.41. The number of thioether (sulfide) groups is 1. The van der Waals surface area contributed by atoms with E-state index in [9.17, 15) is 4.79 Å². The number of hydrogen-bond donors (Lipinski definition) is 1. The molecule has 0 aliphatic heterocycles. The number of nitrogens with zero attached hydrogens (tertiary/aromatic N) is 2. The Morgan fingerprint density at radius 2 is 2.16 bits per heavy atom. The quantitative estimate of drug-likeness (QED) is 0.524. The molecule has 0 saturated heterocycles. The zero-order valence-corrected chi connectivity index (χ0v) is 11.4. The molecule has 6 heteroatoms. The summed E-state index contributed by atoms with van der Waals surface area (Å²) in [5.74, 6) is 0.838. The van der Waals surface area contributed by atoms with Crippen LogP contribution in [0.4, 0.5) is 5.95 Å². The predicted octanol–water partition coefficient (Wildman–Crippen LogP) is 2.27. The molecule has 0 radical (unpaired) electrons. The van der Waals surface area contributed by atoms with Gasteiger partial charge < -0.3 is 10.5 Å². The maximum atomic E-state index is 11.3. The summed E-state index contributed by atoms with van der Waals surface area (Å²) >= 11 is 1.36. The van der Waals surface area contributed by atoms with Crippen LogP contribution in [0.15, 0.2) is 29.3 Å². The third-order valence-electron chi connectivity index (χ3n) is 2.58. The van der Waals surface area contributed by atoms with Gasteiger partial charge in [-0.25, -0.2) is 9.97 Å². The van der Waals surface area contributed by atoms with Crippen molar-refractivity contribution in [1.29, 1.82) is 0 Å². The number of aldehydes is 1. The third-order valence-corrected chi connectivity index (χ3v) is 3.28. The first-order valence-corrected chi connectivity index (χ1v) is 6.73. The highest BCUT2D eigenvalue weighted by atomic mass is 32.2. The second-order valence-corrected chi connectivity index (χ2v) is 4.50. The number of rotatable bonds is 4. The maximum Gasteiger partial charge on any atom is 0.221 e. The standard InChI is InChI=1S/C13H13N3O2S/c1-18-9-5-3-4-8(6-9)11-10(7-17)12(19-2)16-13(14)15-11/h3-7H,1-2H3,(H2,14,15,16). The highest BCUT2D eigenvalue weighted by molar-refractivity contribution is 7.98. The molecule has 0 aliphatic carbocycles. The molecule has 0 unspecified atom stereocenters. The third kappa shape index (κ3) is 2.68. The molecule has 0 saturated carbocycles. The largest absolute Gasteiger partial charge is 0.497 e. The van der Waals surface area contributed by atoms with E-state index in [1.807, 2.05) is 24.5 Å². The lowest BCUT2D eigenvalue weighted by Crippen LogP contribution is -2.03. The average molecular weight is 275 g/mol. The van der Waals surface area contributed by atoms with Crippen LogP contribution in [0.25, 0.3) is 11.3 Å². The van der Waals surface area contributed by atoms with Gasteiger partial charge in [0.25, 0.3) is 0 Å². The van der Waals surface area contributed by atoms with E-state index in [1.165, 1.54) is 11.8 Å². The molecule has 1 aromatic heterocycles. The molecule has 1 aromatic carbocycles. The number of ether oxygens (including phenoxy) is 1. The molecular weight excluding hydrogens is 262 g/mol. The minimum absolute atomic E-state index is 0.146. The van der Waals surface area contributed by atoms with Gasteiger partial charge in [0.15, 0.2) is 6.29 Å². The van der Waals surface area contributed by atoms with Crippen LogP contribution in [0, 0.1) is 0 Å². The number of nitrogen functional groups attached to an aromatic ring is 1. The molecule has 0 fully saturated rings. The lowest BCUT2D eigenvalue weighted by Gasteiger charge is -2.09. The van der Waals surface area contributed by atoms with Crippen LogP contribution >= 0.6 is 11.8 Å². The van der Waals surface area contributed by atoms with Gasteiger partial charge >= 0.3 is 0 Å². The molecule has 2 aromatic rings. The maximum absolute atomic E-state index is 11.3. The molecule has 98 valence electrons. The van der Waals surface area contributed by atoms with Gasteiger partial charge in [0.1, 0.15) is 10.8 Å². The van der Waals surface area contributed by atoms with E-state index in [0.717, 1.165) is 11.8 Å². The van der Waals surface area contributed by atoms with E-state index in [1.54, 1.807) is 13.2 Å². The van der Waals surface area contributed by atoms with E-state index in [-0.39, 0.29) is 5.95 Å². The van der Waals surface area contributed by atoms with Gasteiger partial charge in [-0.05, 0) is 18.4 Å². The number of methoxy groups -OCH3 is 1. The summed E-state index contributed by atoms with van der Waals surface area (Å²) < 4.78 is 5.17. The van der Waals surface area contributed by atoms with Crippen molar-refractivity contribution in [2.45, 2.75) is 5.03 Å². The Balaban J connectivity index is 2.66. The van der Waals surface area contributed by atoms with Crippen molar-refractivity contribution in [3.05, 3.63) is 29.8 Å². The number of anilines is 1. The number of aromatic nitrogens is 2. The lowest BCUT2D eigenvalue weighted by atomic mass is 10.1. The van der Waals surface area contributed by atoms with Gasteiger partial charge in [0.05, 0.1) is 18.4 Å². The van der Waals surface area contributed by atoms with Crippen molar-refractivity contribution < 1.29 is 9.53 Å². The van der Waals surface area contributed by atoms with Gasteiger partial charge in [0.2, 0.25) is 5.95 Å². The molecule has 0 amide bonds. The second-order valence-electron chi connectivity index (χ2n) is 3.70. The lowest BCUT2D eigenvalue weighted by molar-refractivity contribution is 0.112. The van der Waals surface area contributed by atoms with Gasteiger partial charge in [0, 0.05) is 5.56 Å². The molecule has 19 heavy (non-hydrogen) atoms. The van der Waals surface area contributed by atoms with Crippen LogP contribution in [-0.2, 0) is 0 Å². The summed E-state index contributed by atoms with van der Waals surface area (Å²) in [6, 6.07) is 7.31. The number of benzene rings is 1. The fraction of sp³-hybridized carbons (Fsp3) is 0.154. The van der Waals surface area contributed by atoms with Crippen LogP contribution in [0.3, 0.4) is 0 Å². The van der Waals surface area contributed by atoms with Crippen molar-refractivity contribution in [3.63, 3.8) is 0 Å². The first-order chi connectivity index (χ1) is 9.19. The Morgan fingerprint density at radius 3 is 2.79 bits per heavy atom. The van der Waals surface area contributed by atoms with Crippen molar-refractivity contribution in [2.75, 3.05) is 19.1 Å². The van der Waals surface area contributed by atoms with Crippen molar-refractivity contribution in [1.82, 2.24) is 9.97 Å². The molecule has 0 atom stereocenters. The van der Waals surface area contributed by atoms with E-state index < -0.39 is 0 Å². The number of nitrogens with two attached hydrogens (primary N) is 1. The van der Waals surface area contributed by atoms with E-state index >= 15 is 0 Å². The number of carbonyl (C=O) groups is 1. The Kier molecular flexibility index (Phi) is 4.01. The van der Waals surface area contributed by atoms with Crippen LogP contribution in [0.2, 0.25) is 0 Å². The molecule has 0 aliphatic rings. The van der Waals surface area contributed by atoms with Crippen LogP contribution in [0.1, 0.15) is 10.4 Å². The zero-order valence-electron chi connectivity index (χ0n) is 10.6. The molecular formula is C13H13N3O2S. The second kappa shape index (κ2) is 5.71. The molecule has 1 heterocycles. The molecule has 5 nitrogen and oxygen atoms in total. The highest BCUT2D eigenvalue weighted by Crippen LogP contribution is 2.29. The monoisotopic (exact) mass is 275 g/mol. The summed E-state index contributed by atoms with van der Waals surface area (Å²) in [7, 11) is 1.58. The summed E-state index contributed by atoms with van der Waals surface area (Å²) in [5, 5.41) is 0.570. The van der Waals surface area contributed by atoms with Crippen LogP contribution < -0.4 is 10.5 Å². The minimum atomic E-state index is 0.146. The Bertz CT molecular complexity index is 617. The first-order valence-electron chi connectivity index (χ1n) is 5.50. The summed E-state index contributed by atoms with van der Waals surface area (Å²) in [6.07, 6.45) is 2.59. The molecule has 0 bridgehead atoms. The normalized spacial score (nSPS) is 10.2. The van der Waals surface area contributed by atoms with Gasteiger partial charge in [-0.3, -0.25) is 4.79 Å². The predicted molar refractivity (Wildman–Crippen MR) is 75.6 cm³/mol. The van der Waals surface area contributed by atoms with Crippen LogP contribution in [-0.4, -0.2) is 29.6 Å². The topological polar surface area (TPSA) is 78.1 Å². The first kappa shape index (κ1) is 13.4. The highest BCUT2D eigenvalue weighted by Gasteiger charge is 2.14. The van der Waals surface area contributed by atoms with Crippen molar-refractivity contribution >= 4 is 24.0 Å². The number of carbonyl (C=O) groups excluding carboxylic acids is 1. The van der Waals surface area contributed by atoms with Crippen molar-refractivity contribution in [3.8, 4) is 17.0 Å². The van der Waals surface area contributed by atoms with Gasteiger partial charge in [-0.2, -0.15) is 0 Å². The fourth-order valence-electron chi connectivity index (χ4n) is 1.72. The molecule has 2 N–H and O–H groups in total. The Labute approximate surface area is 115 Å². The minimum Gasteiger partial charge on any atom is -0.497 e. The van der Waals surface area contributed by atoms with E-state index in [0.29, 0.717) is 22.0 Å². The smallest absolute Gasteiger partial charge is 0.221 e. The number of hydrogen-bond acceptors (Lipinski definition) is 6. The Hall–Kier alpha value is -2.08. The summed E-state index contributed by atoms with van der Waals surface area (Å²) in [4.78, 5) is 19.5. The van der Waals surface area contributed by atoms with Crippen LogP contribution in [0.5, 0.6) is 5.75 Å². The summed E-state index contributed by atoms with van der Waals surface area (Å²) in [6.45, 7) is 0. The zero-order chi connectivity index (χ0) is 13.8. The van der Waals surface area contributed by atoms with Crippen molar-refractivity contribution in [2.24, 2.45) is 0 Å². The SMILES string of the molecule is COc1cccc(-c2nc(N)nc(SC)c2C=O)c1. The Morgan fingerprint density at radius 1 is 1.37 bits per heavy atom. The van der Waals surface area contributed by atoms with E-state index in [2.05, 4.69) is 9.97 Å². The average Bonchev–Trinajstić information content (AvgIpc) is 2.46. The van der Waals surface area contributed by atoms with Gasteiger partial charge in [-0.15, -0.1) is 11.8 Å². The van der Waals surface area contributed by atoms with Gasteiger partial charge in [-0.1, -0.05) is 12.1 Å². The molecule has 0 spiro atoms. The van der Waals surface area contributed by atoms with E-state index in [4.69, 9.17) is 10.5 Å².